The van der Waals surface area contributed by atoms with Crippen LogP contribution in [0.15, 0.2) is 53.4 Å². The highest BCUT2D eigenvalue weighted by Crippen LogP contribution is 2.24. The maximum absolute atomic E-state index is 12.4. The number of hydrogen-bond donors (Lipinski definition) is 2. The van der Waals surface area contributed by atoms with Crippen molar-refractivity contribution in [1.82, 2.24) is 4.72 Å². The summed E-state index contributed by atoms with van der Waals surface area (Å²) >= 11 is 0. The largest absolute Gasteiger partial charge is 0.573 e. The highest BCUT2D eigenvalue weighted by atomic mass is 32.2. The highest BCUT2D eigenvalue weighted by Gasteiger charge is 2.31. The number of nitrogens with one attached hydrogen (secondary N) is 1. The van der Waals surface area contributed by atoms with Crippen LogP contribution in [0.1, 0.15) is 5.56 Å². The van der Waals surface area contributed by atoms with E-state index in [4.69, 9.17) is 0 Å². The minimum absolute atomic E-state index is 0.220. The number of nitro groups is 1. The smallest absolute Gasteiger partial charge is 0.480 e. The number of non-ortho nitro benzene ring substituents is 1. The maximum atomic E-state index is 12.4. The number of carboxylic acid groups (broad SMARTS) is 1. The standard InChI is InChI=1S/C16H13F3N2O7S/c17-16(18,19)28-12-5-7-13(8-6-12)29(26,27)20-14(15(22)23)9-10-1-3-11(4-2-10)21(24)25/h1-8,14,20H,9H2,(H,22,23). The quantitative estimate of drug-likeness (QED) is 0.481. The molecule has 0 aliphatic carbocycles. The van der Waals surface area contributed by atoms with E-state index in [1.807, 2.05) is 4.72 Å². The zero-order valence-electron chi connectivity index (χ0n) is 14.3. The lowest BCUT2D eigenvalue weighted by Crippen LogP contribution is -2.42. The van der Waals surface area contributed by atoms with Crippen molar-refractivity contribution in [3.8, 4) is 5.75 Å². The summed E-state index contributed by atoms with van der Waals surface area (Å²) < 4.78 is 66.7. The van der Waals surface area contributed by atoms with Crippen LogP contribution in [0.5, 0.6) is 5.75 Å². The molecule has 2 N–H and O–H groups in total. The number of nitrogens with zero attached hydrogens (tertiary/aromatic N) is 1. The normalized spacial score (nSPS) is 12.9. The average Bonchev–Trinajstić information content (AvgIpc) is 2.60. The van der Waals surface area contributed by atoms with Crippen LogP contribution in [-0.4, -0.2) is 36.8 Å². The summed E-state index contributed by atoms with van der Waals surface area (Å²) in [7, 11) is -4.38. The van der Waals surface area contributed by atoms with Gasteiger partial charge in [-0.15, -0.1) is 13.2 Å². The molecule has 29 heavy (non-hydrogen) atoms. The van der Waals surface area contributed by atoms with Gasteiger partial charge in [-0.2, -0.15) is 4.72 Å². The highest BCUT2D eigenvalue weighted by molar-refractivity contribution is 7.89. The van der Waals surface area contributed by atoms with Gasteiger partial charge < -0.3 is 9.84 Å². The number of aliphatic carboxylic acids is 1. The molecule has 9 nitrogen and oxygen atoms in total. The van der Waals surface area contributed by atoms with Crippen LogP contribution in [0.4, 0.5) is 18.9 Å². The first-order valence-electron chi connectivity index (χ1n) is 7.72. The number of alkyl halides is 3. The van der Waals surface area contributed by atoms with Crippen LogP contribution in [0.2, 0.25) is 0 Å². The number of rotatable bonds is 8. The van der Waals surface area contributed by atoms with Crippen molar-refractivity contribution in [3.63, 3.8) is 0 Å². The molecule has 0 amide bonds. The first kappa shape index (κ1) is 22.1. The number of carbonyl (C=O) groups is 1. The van der Waals surface area contributed by atoms with Crippen molar-refractivity contribution in [2.45, 2.75) is 23.7 Å². The second-order valence-corrected chi connectivity index (χ2v) is 7.37. The average molecular weight is 434 g/mol. The van der Waals surface area contributed by atoms with E-state index in [0.29, 0.717) is 5.56 Å². The molecule has 0 saturated heterocycles. The SMILES string of the molecule is O=C(O)C(Cc1ccc([N+](=O)[O-])cc1)NS(=O)(=O)c1ccc(OC(F)(F)F)cc1. The van der Waals surface area contributed by atoms with E-state index in [-0.39, 0.29) is 12.1 Å². The van der Waals surface area contributed by atoms with Crippen molar-refractivity contribution in [2.24, 2.45) is 0 Å². The van der Waals surface area contributed by atoms with Gasteiger partial charge in [0.1, 0.15) is 11.8 Å². The van der Waals surface area contributed by atoms with Crippen LogP contribution in [-0.2, 0) is 21.2 Å². The third-order valence-corrected chi connectivity index (χ3v) is 5.04. The van der Waals surface area contributed by atoms with Gasteiger partial charge >= 0.3 is 12.3 Å². The number of benzene rings is 2. The van der Waals surface area contributed by atoms with E-state index in [1.165, 1.54) is 12.1 Å². The fourth-order valence-electron chi connectivity index (χ4n) is 2.24. The molecular formula is C16H13F3N2O7S. The Morgan fingerprint density at radius 1 is 1.14 bits per heavy atom. The summed E-state index contributed by atoms with van der Waals surface area (Å²) in [5.41, 5.74) is 0.0991. The Balaban J connectivity index is 2.16. The predicted molar refractivity (Wildman–Crippen MR) is 91.7 cm³/mol. The summed E-state index contributed by atoms with van der Waals surface area (Å²) in [6.45, 7) is 0. The van der Waals surface area contributed by atoms with Crippen LogP contribution in [0, 0.1) is 10.1 Å². The molecule has 2 aromatic carbocycles. The zero-order valence-corrected chi connectivity index (χ0v) is 15.1. The van der Waals surface area contributed by atoms with Gasteiger partial charge in [0.05, 0.1) is 9.82 Å². The minimum Gasteiger partial charge on any atom is -0.480 e. The van der Waals surface area contributed by atoms with Crippen molar-refractivity contribution in [1.29, 1.82) is 0 Å². The van der Waals surface area contributed by atoms with Gasteiger partial charge in [-0.3, -0.25) is 14.9 Å². The van der Waals surface area contributed by atoms with E-state index in [9.17, 15) is 41.6 Å². The molecule has 0 saturated carbocycles. The van der Waals surface area contributed by atoms with Crippen LogP contribution in [0.25, 0.3) is 0 Å². The maximum Gasteiger partial charge on any atom is 0.573 e. The Hall–Kier alpha value is -3.19. The Bertz CT molecular complexity index is 991. The van der Waals surface area contributed by atoms with E-state index in [1.54, 1.807) is 0 Å². The lowest BCUT2D eigenvalue weighted by atomic mass is 10.1. The van der Waals surface area contributed by atoms with E-state index in [2.05, 4.69) is 4.74 Å². The topological polar surface area (TPSA) is 136 Å². The fraction of sp³-hybridized carbons (Fsp3) is 0.188. The fourth-order valence-corrected chi connectivity index (χ4v) is 3.43. The van der Waals surface area contributed by atoms with E-state index >= 15 is 0 Å². The first-order valence-corrected chi connectivity index (χ1v) is 9.20. The molecule has 1 unspecified atom stereocenters. The Labute approximate surface area is 161 Å². The molecule has 0 radical (unpaired) electrons. The molecule has 1 atom stereocenters. The van der Waals surface area contributed by atoms with Gasteiger partial charge in [0, 0.05) is 12.1 Å². The minimum atomic E-state index is -4.95. The number of sulfonamides is 1. The van der Waals surface area contributed by atoms with Crippen molar-refractivity contribution in [2.75, 3.05) is 0 Å². The molecule has 156 valence electrons. The van der Waals surface area contributed by atoms with E-state index < -0.39 is 44.0 Å². The van der Waals surface area contributed by atoms with Gasteiger partial charge in [-0.25, -0.2) is 8.42 Å². The Kier molecular flexibility index (Phi) is 6.44. The molecule has 0 aromatic heterocycles. The number of nitro benzene ring substituents is 1. The third-order valence-electron chi connectivity index (χ3n) is 3.55. The molecule has 0 spiro atoms. The lowest BCUT2D eigenvalue weighted by molar-refractivity contribution is -0.384. The summed E-state index contributed by atoms with van der Waals surface area (Å²) in [6, 6.07) is 6.43. The van der Waals surface area contributed by atoms with E-state index in [0.717, 1.165) is 36.4 Å². The number of carboxylic acids is 1. The van der Waals surface area contributed by atoms with Gasteiger partial charge in [0.2, 0.25) is 10.0 Å². The second kappa shape index (κ2) is 8.45. The summed E-state index contributed by atoms with van der Waals surface area (Å²) in [4.78, 5) is 20.9. The first-order chi connectivity index (χ1) is 13.4. The molecule has 0 fully saturated rings. The summed E-state index contributed by atoms with van der Waals surface area (Å²) in [5, 5.41) is 19.9. The monoisotopic (exact) mass is 434 g/mol. The summed E-state index contributed by atoms with van der Waals surface area (Å²) in [5.74, 6) is -2.15. The molecule has 13 heteroatoms. The molecule has 2 rings (SSSR count). The number of ether oxygens (including phenoxy) is 1. The van der Waals surface area contributed by atoms with Gasteiger partial charge in [0.15, 0.2) is 0 Å². The molecule has 0 heterocycles. The van der Waals surface area contributed by atoms with Gasteiger partial charge in [-0.1, -0.05) is 12.1 Å². The lowest BCUT2D eigenvalue weighted by Gasteiger charge is -2.15. The van der Waals surface area contributed by atoms with Crippen molar-refractivity contribution in [3.05, 3.63) is 64.2 Å². The molecule has 0 aliphatic rings. The van der Waals surface area contributed by atoms with Crippen LogP contribution in [0.3, 0.4) is 0 Å². The summed E-state index contributed by atoms with van der Waals surface area (Å²) in [6.07, 6.45) is -5.26. The zero-order chi connectivity index (χ0) is 21.8. The second-order valence-electron chi connectivity index (χ2n) is 5.66. The molecule has 0 aliphatic heterocycles. The molecule has 0 bridgehead atoms. The number of halogens is 3. The predicted octanol–water partition coefficient (Wildman–Crippen LogP) is 2.47. The molecular weight excluding hydrogens is 421 g/mol. The van der Waals surface area contributed by atoms with Gasteiger partial charge in [0.25, 0.3) is 5.69 Å². The van der Waals surface area contributed by atoms with Gasteiger partial charge in [-0.05, 0) is 36.2 Å². The van der Waals surface area contributed by atoms with Crippen molar-refractivity contribution >= 4 is 21.7 Å². The van der Waals surface area contributed by atoms with Crippen molar-refractivity contribution < 1.29 is 41.2 Å². The number of hydrogen-bond acceptors (Lipinski definition) is 6. The molecule has 2 aromatic rings. The van der Waals surface area contributed by atoms with Crippen LogP contribution < -0.4 is 9.46 Å². The third kappa shape index (κ3) is 6.43. The van der Waals surface area contributed by atoms with Crippen LogP contribution >= 0.6 is 0 Å². The Morgan fingerprint density at radius 3 is 2.14 bits per heavy atom. The Morgan fingerprint density at radius 2 is 1.69 bits per heavy atom.